The summed E-state index contributed by atoms with van der Waals surface area (Å²) in [5.41, 5.74) is -0.276. The van der Waals surface area contributed by atoms with Crippen molar-refractivity contribution in [3.8, 4) is 11.5 Å². The Morgan fingerprint density at radius 1 is 1.00 bits per heavy atom. The van der Waals surface area contributed by atoms with Gasteiger partial charge >= 0.3 is 12.7 Å². The van der Waals surface area contributed by atoms with E-state index in [1.807, 2.05) is 0 Å². The van der Waals surface area contributed by atoms with E-state index in [1.54, 1.807) is 0 Å². The summed E-state index contributed by atoms with van der Waals surface area (Å²) in [4.78, 5) is 0. The molecule has 1 saturated carbocycles. The van der Waals surface area contributed by atoms with Gasteiger partial charge < -0.3 is 14.8 Å². The van der Waals surface area contributed by atoms with Crippen LogP contribution < -0.4 is 14.8 Å². The van der Waals surface area contributed by atoms with Gasteiger partial charge in [-0.3, -0.25) is 0 Å². The molecule has 0 amide bonds. The Hall–Kier alpha value is -1.64. The van der Waals surface area contributed by atoms with Crippen LogP contribution >= 0.6 is 0 Å². The molecule has 0 aliphatic heterocycles. The fourth-order valence-electron chi connectivity index (χ4n) is 2.30. The molecule has 3 nitrogen and oxygen atoms in total. The maximum Gasteiger partial charge on any atom is 0.573 e. The zero-order chi connectivity index (χ0) is 16.5. The van der Waals surface area contributed by atoms with E-state index in [2.05, 4.69) is 14.8 Å². The van der Waals surface area contributed by atoms with Crippen LogP contribution in [0.25, 0.3) is 0 Å². The topological polar surface area (TPSA) is 30.5 Å². The molecule has 1 aromatic carbocycles. The standard InChI is InChI=1S/C13H13F6NO2/c1-20-11(7-5-6-7)10-8(21-12(14,15)16)3-2-4-9(10)22-13(17,18)19/h2-4,7,11,20H,5-6H2,1H3. The molecule has 22 heavy (non-hydrogen) atoms. The van der Waals surface area contributed by atoms with Crippen molar-refractivity contribution in [3.05, 3.63) is 23.8 Å². The SMILES string of the molecule is CNC(c1c(OC(F)(F)F)cccc1OC(F)(F)F)C1CC1. The summed E-state index contributed by atoms with van der Waals surface area (Å²) in [5, 5.41) is 2.74. The van der Waals surface area contributed by atoms with Crippen molar-refractivity contribution >= 4 is 0 Å². The first-order valence-electron chi connectivity index (χ1n) is 6.42. The predicted molar refractivity (Wildman–Crippen MR) is 64.3 cm³/mol. The maximum absolute atomic E-state index is 12.5. The van der Waals surface area contributed by atoms with Crippen LogP contribution in [0.4, 0.5) is 26.3 Å². The highest BCUT2D eigenvalue weighted by atomic mass is 19.4. The third-order valence-electron chi connectivity index (χ3n) is 3.19. The second kappa shape index (κ2) is 5.86. The monoisotopic (exact) mass is 329 g/mol. The van der Waals surface area contributed by atoms with Crippen LogP contribution in [-0.4, -0.2) is 19.8 Å². The van der Waals surface area contributed by atoms with E-state index < -0.39 is 30.3 Å². The van der Waals surface area contributed by atoms with E-state index in [-0.39, 0.29) is 11.5 Å². The van der Waals surface area contributed by atoms with E-state index in [1.165, 1.54) is 7.05 Å². The molecule has 0 bridgehead atoms. The highest BCUT2D eigenvalue weighted by molar-refractivity contribution is 5.48. The molecule has 1 aliphatic carbocycles. The van der Waals surface area contributed by atoms with Gasteiger partial charge in [-0.2, -0.15) is 0 Å². The van der Waals surface area contributed by atoms with E-state index in [9.17, 15) is 26.3 Å². The third-order valence-corrected chi connectivity index (χ3v) is 3.19. The molecular weight excluding hydrogens is 316 g/mol. The fraction of sp³-hybridized carbons (Fsp3) is 0.538. The van der Waals surface area contributed by atoms with Gasteiger partial charge in [-0.25, -0.2) is 0 Å². The summed E-state index contributed by atoms with van der Waals surface area (Å²) >= 11 is 0. The van der Waals surface area contributed by atoms with E-state index in [0.717, 1.165) is 18.2 Å². The first-order valence-corrected chi connectivity index (χ1v) is 6.42. The molecule has 0 spiro atoms. The van der Waals surface area contributed by atoms with Gasteiger partial charge in [0.2, 0.25) is 0 Å². The molecule has 0 aromatic heterocycles. The van der Waals surface area contributed by atoms with Crippen LogP contribution in [0, 0.1) is 5.92 Å². The lowest BCUT2D eigenvalue weighted by Crippen LogP contribution is -2.25. The third kappa shape index (κ3) is 4.43. The van der Waals surface area contributed by atoms with Crippen molar-refractivity contribution in [2.24, 2.45) is 5.92 Å². The smallest absolute Gasteiger partial charge is 0.405 e. The van der Waals surface area contributed by atoms with Gasteiger partial charge in [-0.1, -0.05) is 6.07 Å². The minimum Gasteiger partial charge on any atom is -0.405 e. The molecule has 0 saturated heterocycles. The summed E-state index contributed by atoms with van der Waals surface area (Å²) in [6.07, 6.45) is -8.60. The number of nitrogens with one attached hydrogen (secondary N) is 1. The minimum atomic E-state index is -5.01. The molecule has 1 N–H and O–H groups in total. The number of alkyl halides is 6. The van der Waals surface area contributed by atoms with Crippen molar-refractivity contribution in [3.63, 3.8) is 0 Å². The van der Waals surface area contributed by atoms with Gasteiger partial charge in [0.15, 0.2) is 0 Å². The lowest BCUT2D eigenvalue weighted by Gasteiger charge is -2.24. The maximum atomic E-state index is 12.5. The Kier molecular flexibility index (Phi) is 4.46. The molecule has 124 valence electrons. The average Bonchev–Trinajstić information content (AvgIpc) is 3.13. The highest BCUT2D eigenvalue weighted by Crippen LogP contribution is 2.48. The molecule has 0 radical (unpaired) electrons. The molecule has 1 fully saturated rings. The van der Waals surface area contributed by atoms with Gasteiger partial charge in [0.25, 0.3) is 0 Å². The van der Waals surface area contributed by atoms with Crippen LogP contribution in [0.1, 0.15) is 24.4 Å². The predicted octanol–water partition coefficient (Wildman–Crippen LogP) is 4.15. The number of ether oxygens (including phenoxy) is 2. The Morgan fingerprint density at radius 2 is 1.45 bits per heavy atom. The zero-order valence-electron chi connectivity index (χ0n) is 11.4. The van der Waals surface area contributed by atoms with Gasteiger partial charge in [-0.15, -0.1) is 26.3 Å². The summed E-state index contributed by atoms with van der Waals surface area (Å²) in [6, 6.07) is 2.25. The molecule has 1 atom stereocenters. The van der Waals surface area contributed by atoms with Crippen LogP contribution in [0.15, 0.2) is 18.2 Å². The lowest BCUT2D eigenvalue weighted by molar-refractivity contribution is -0.277. The lowest BCUT2D eigenvalue weighted by atomic mass is 10.00. The van der Waals surface area contributed by atoms with Crippen LogP contribution in [-0.2, 0) is 0 Å². The molecule has 1 aromatic rings. The van der Waals surface area contributed by atoms with Crippen molar-refractivity contribution in [2.75, 3.05) is 7.05 Å². The summed E-state index contributed by atoms with van der Waals surface area (Å²) in [5.74, 6) is -1.44. The normalized spacial score (nSPS) is 17.2. The molecule has 9 heteroatoms. The number of rotatable bonds is 5. The Labute approximate surface area is 122 Å². The first-order chi connectivity index (χ1) is 10.1. The van der Waals surface area contributed by atoms with Crippen molar-refractivity contribution in [1.29, 1.82) is 0 Å². The zero-order valence-corrected chi connectivity index (χ0v) is 11.4. The van der Waals surface area contributed by atoms with Gasteiger partial charge in [-0.05, 0) is 37.9 Å². The second-order valence-corrected chi connectivity index (χ2v) is 4.87. The van der Waals surface area contributed by atoms with Gasteiger partial charge in [0, 0.05) is 6.04 Å². The summed E-state index contributed by atoms with van der Waals surface area (Å²) < 4.78 is 82.5. The quantitative estimate of drug-likeness (QED) is 0.823. The Morgan fingerprint density at radius 3 is 1.77 bits per heavy atom. The fourth-order valence-corrected chi connectivity index (χ4v) is 2.30. The molecule has 2 rings (SSSR count). The molecule has 1 unspecified atom stereocenters. The number of hydrogen-bond donors (Lipinski definition) is 1. The number of hydrogen-bond acceptors (Lipinski definition) is 3. The highest BCUT2D eigenvalue weighted by Gasteiger charge is 2.40. The van der Waals surface area contributed by atoms with Crippen molar-refractivity contribution in [2.45, 2.75) is 31.6 Å². The Balaban J connectivity index is 2.46. The van der Waals surface area contributed by atoms with Crippen molar-refractivity contribution < 1.29 is 35.8 Å². The largest absolute Gasteiger partial charge is 0.573 e. The number of halogens is 6. The first kappa shape index (κ1) is 16.7. The van der Waals surface area contributed by atoms with Crippen molar-refractivity contribution in [1.82, 2.24) is 5.32 Å². The minimum absolute atomic E-state index is 0.0569. The van der Waals surface area contributed by atoms with Crippen LogP contribution in [0.2, 0.25) is 0 Å². The summed E-state index contributed by atoms with van der Waals surface area (Å²) in [7, 11) is 1.46. The molecule has 0 heterocycles. The van der Waals surface area contributed by atoms with Crippen LogP contribution in [0.5, 0.6) is 11.5 Å². The van der Waals surface area contributed by atoms with Gasteiger partial charge in [0.05, 0.1) is 5.56 Å². The average molecular weight is 329 g/mol. The van der Waals surface area contributed by atoms with Gasteiger partial charge in [0.1, 0.15) is 11.5 Å². The van der Waals surface area contributed by atoms with E-state index >= 15 is 0 Å². The van der Waals surface area contributed by atoms with E-state index in [0.29, 0.717) is 12.8 Å². The Bertz CT molecular complexity index is 490. The molecule has 1 aliphatic rings. The van der Waals surface area contributed by atoms with Crippen LogP contribution in [0.3, 0.4) is 0 Å². The second-order valence-electron chi connectivity index (χ2n) is 4.87. The summed E-state index contributed by atoms with van der Waals surface area (Å²) in [6.45, 7) is 0. The number of benzene rings is 1. The molecular formula is C13H13F6NO2. The van der Waals surface area contributed by atoms with E-state index in [4.69, 9.17) is 0 Å².